The molecule has 0 saturated carbocycles. The van der Waals surface area contributed by atoms with Gasteiger partial charge >= 0.3 is 0 Å². The Kier molecular flexibility index (Phi) is 15.3. The molecule has 0 amide bonds. The molecule has 0 bridgehead atoms. The van der Waals surface area contributed by atoms with Crippen molar-refractivity contribution >= 4 is 12.7 Å². The fourth-order valence-corrected chi connectivity index (χ4v) is 8.34. The summed E-state index contributed by atoms with van der Waals surface area (Å²) in [5.41, 5.74) is 2.77. The molecule has 0 aromatic rings. The second-order valence-corrected chi connectivity index (χ2v) is 12.2. The Hall–Kier alpha value is -0.480. The summed E-state index contributed by atoms with van der Waals surface area (Å²) in [7, 11) is 0. The van der Waals surface area contributed by atoms with Crippen molar-refractivity contribution in [1.82, 2.24) is 0 Å². The van der Waals surface area contributed by atoms with E-state index in [1.54, 1.807) is 5.57 Å². The zero-order chi connectivity index (χ0) is 19.8. The summed E-state index contributed by atoms with van der Waals surface area (Å²) in [6.45, 7) is 16.8. The maximum atomic E-state index is 3.96. The minimum atomic E-state index is -0.942. The summed E-state index contributed by atoms with van der Waals surface area (Å²) in [6, 6.07) is 0. The maximum absolute atomic E-state index is 3.96. The summed E-state index contributed by atoms with van der Waals surface area (Å²) in [5.74, 6) is 3.43. The normalized spacial score (nSPS) is 14.0. The second-order valence-electron chi connectivity index (χ2n) is 8.14. The van der Waals surface area contributed by atoms with Crippen LogP contribution in [0.5, 0.6) is 0 Å². The number of unbranched alkanes of at least 4 members (excludes halogenated alkanes) is 3. The Morgan fingerprint density at radius 1 is 0.923 bits per heavy atom. The minimum Gasteiger partial charge on any atom is -0.105 e. The highest BCUT2D eigenvalue weighted by Gasteiger charge is 2.16. The molecule has 0 N–H and O–H groups in total. The number of hydrogen-bond donors (Lipinski definition) is 0. The Morgan fingerprint density at radius 2 is 1.42 bits per heavy atom. The monoisotopic (exact) mass is 378 g/mol. The van der Waals surface area contributed by atoms with Gasteiger partial charge in [-0.2, -0.15) is 0 Å². The van der Waals surface area contributed by atoms with Crippen molar-refractivity contribution in [3.05, 3.63) is 36.0 Å². The van der Waals surface area contributed by atoms with Crippen molar-refractivity contribution in [1.29, 1.82) is 0 Å². The van der Waals surface area contributed by atoms with Gasteiger partial charge in [0, 0.05) is 0 Å². The van der Waals surface area contributed by atoms with E-state index in [9.17, 15) is 0 Å². The van der Waals surface area contributed by atoms with E-state index < -0.39 is 6.89 Å². The van der Waals surface area contributed by atoms with Gasteiger partial charge in [0.2, 0.25) is 0 Å². The molecule has 26 heavy (non-hydrogen) atoms. The van der Waals surface area contributed by atoms with Crippen LogP contribution in [0.2, 0.25) is 0 Å². The van der Waals surface area contributed by atoms with E-state index in [1.165, 1.54) is 63.4 Å². The average Bonchev–Trinajstić information content (AvgIpc) is 2.61. The van der Waals surface area contributed by atoms with Gasteiger partial charge in [0.1, 0.15) is 0 Å². The second kappa shape index (κ2) is 15.6. The molecule has 0 nitrogen and oxygen atoms in total. The van der Waals surface area contributed by atoms with Crippen molar-refractivity contribution in [2.75, 3.05) is 18.5 Å². The lowest BCUT2D eigenvalue weighted by atomic mass is 10.0. The van der Waals surface area contributed by atoms with Crippen LogP contribution in [-0.4, -0.2) is 24.3 Å². The molecule has 0 aliphatic rings. The summed E-state index contributed by atoms with van der Waals surface area (Å²) < 4.78 is 0. The Balaban J connectivity index is 5.53. The van der Waals surface area contributed by atoms with Crippen LogP contribution in [-0.2, 0) is 0 Å². The molecule has 0 spiro atoms. The Morgan fingerprint density at radius 3 is 1.81 bits per heavy atom. The first-order chi connectivity index (χ1) is 12.4. The lowest BCUT2D eigenvalue weighted by Crippen LogP contribution is -2.06. The Bertz CT molecular complexity index is 450. The van der Waals surface area contributed by atoms with E-state index in [2.05, 4.69) is 72.1 Å². The van der Waals surface area contributed by atoms with Crippen molar-refractivity contribution in [2.24, 2.45) is 5.92 Å². The summed E-state index contributed by atoms with van der Waals surface area (Å²) in [4.78, 5) is 0. The van der Waals surface area contributed by atoms with Crippen LogP contribution in [0.4, 0.5) is 0 Å². The van der Waals surface area contributed by atoms with Gasteiger partial charge in [-0.1, -0.05) is 95.6 Å². The summed E-state index contributed by atoms with van der Waals surface area (Å²) >= 11 is 0. The predicted molar refractivity (Wildman–Crippen MR) is 128 cm³/mol. The van der Waals surface area contributed by atoms with Crippen molar-refractivity contribution in [3.8, 4) is 0 Å². The van der Waals surface area contributed by atoms with Crippen LogP contribution in [0.15, 0.2) is 36.0 Å². The zero-order valence-corrected chi connectivity index (χ0v) is 19.7. The van der Waals surface area contributed by atoms with Crippen molar-refractivity contribution < 1.29 is 0 Å². The molecule has 0 rings (SSSR count). The van der Waals surface area contributed by atoms with E-state index in [1.807, 2.05) is 0 Å². The van der Waals surface area contributed by atoms with Gasteiger partial charge in [-0.25, -0.2) is 0 Å². The van der Waals surface area contributed by atoms with Gasteiger partial charge < -0.3 is 0 Å². The minimum absolute atomic E-state index is 0.613. The van der Waals surface area contributed by atoms with Gasteiger partial charge in [0.15, 0.2) is 0 Å². The van der Waals surface area contributed by atoms with E-state index in [-0.39, 0.29) is 0 Å². The molecule has 0 saturated heterocycles. The number of hydrogen-bond acceptors (Lipinski definition) is 0. The molecular formula is C25H47P. The smallest absolute Gasteiger partial charge is 0.0221 e. The molecule has 152 valence electrons. The zero-order valence-electron chi connectivity index (χ0n) is 18.8. The lowest BCUT2D eigenvalue weighted by molar-refractivity contribution is 0.738. The SMILES string of the molecule is C=C(C)/C=C/C[C@@H](C)/C=C(\C=P(CCCC)(CCCC)CCCC)CC. The molecule has 0 aromatic heterocycles. The molecule has 1 atom stereocenters. The lowest BCUT2D eigenvalue weighted by Gasteiger charge is -2.28. The summed E-state index contributed by atoms with van der Waals surface area (Å²) in [5, 5.41) is 0. The first-order valence-electron chi connectivity index (χ1n) is 11.2. The highest BCUT2D eigenvalue weighted by Crippen LogP contribution is 2.50. The van der Waals surface area contributed by atoms with Crippen LogP contribution in [0.1, 0.15) is 92.9 Å². The van der Waals surface area contributed by atoms with Crippen molar-refractivity contribution in [3.63, 3.8) is 0 Å². The summed E-state index contributed by atoms with van der Waals surface area (Å²) in [6.07, 6.45) is 22.0. The molecular weight excluding hydrogens is 331 g/mol. The Labute approximate surface area is 166 Å². The predicted octanol–water partition coefficient (Wildman–Crippen LogP) is 8.70. The maximum Gasteiger partial charge on any atom is -0.0221 e. The molecule has 0 aliphatic carbocycles. The van der Waals surface area contributed by atoms with E-state index in [4.69, 9.17) is 0 Å². The third-order valence-electron chi connectivity index (χ3n) is 5.13. The fourth-order valence-electron chi connectivity index (χ4n) is 3.47. The van der Waals surface area contributed by atoms with Crippen LogP contribution < -0.4 is 0 Å². The number of allylic oxidation sites excluding steroid dienone is 5. The molecule has 0 aromatic carbocycles. The topological polar surface area (TPSA) is 0 Å². The molecule has 0 heterocycles. The molecule has 0 fully saturated rings. The van der Waals surface area contributed by atoms with Crippen LogP contribution in [0, 0.1) is 5.92 Å². The van der Waals surface area contributed by atoms with Gasteiger partial charge in [-0.05, 0) is 63.4 Å². The molecule has 0 radical (unpaired) electrons. The average molecular weight is 379 g/mol. The largest absolute Gasteiger partial charge is 0.105 e. The van der Waals surface area contributed by atoms with E-state index in [0.29, 0.717) is 5.92 Å². The highest BCUT2D eigenvalue weighted by molar-refractivity contribution is 7.75. The third kappa shape index (κ3) is 12.0. The van der Waals surface area contributed by atoms with E-state index in [0.717, 1.165) is 12.0 Å². The quantitative estimate of drug-likeness (QED) is 0.197. The van der Waals surface area contributed by atoms with Gasteiger partial charge in [0.25, 0.3) is 0 Å². The van der Waals surface area contributed by atoms with Gasteiger partial charge in [-0.3, -0.25) is 0 Å². The molecule has 1 heteroatoms. The highest BCUT2D eigenvalue weighted by atomic mass is 31.2. The number of rotatable bonds is 15. The van der Waals surface area contributed by atoms with Crippen molar-refractivity contribution in [2.45, 2.75) is 92.9 Å². The van der Waals surface area contributed by atoms with Crippen LogP contribution in [0.3, 0.4) is 0 Å². The first-order valence-corrected chi connectivity index (χ1v) is 13.6. The van der Waals surface area contributed by atoms with Crippen LogP contribution >= 0.6 is 6.89 Å². The van der Waals surface area contributed by atoms with Gasteiger partial charge in [-0.15, -0.1) is 6.89 Å². The van der Waals surface area contributed by atoms with Crippen LogP contribution in [0.25, 0.3) is 0 Å². The third-order valence-corrected chi connectivity index (χ3v) is 9.63. The van der Waals surface area contributed by atoms with Gasteiger partial charge in [0.05, 0.1) is 0 Å². The first kappa shape index (κ1) is 25.5. The standard InChI is InChI=1S/C25H47P/c1-8-12-18-26(19-13-9-2,20-14-10-3)22-25(11-4)21-24(7)17-15-16-23(5)6/h15-16,21-22,24H,5,8-14,17-20H2,1-4,6-7H3/b16-15+,25-21-/t24-/m1/s1. The molecule has 0 aliphatic heterocycles. The molecule has 0 unspecified atom stereocenters. The van der Waals surface area contributed by atoms with E-state index >= 15 is 0 Å². The fraction of sp³-hybridized carbons (Fsp3) is 0.720.